The van der Waals surface area contributed by atoms with Crippen LogP contribution in [0.2, 0.25) is 0 Å². The lowest BCUT2D eigenvalue weighted by atomic mass is 9.40. The van der Waals surface area contributed by atoms with E-state index in [0.717, 1.165) is 0 Å². The fourth-order valence-corrected chi connectivity index (χ4v) is 7.57. The largest absolute Gasteiger partial charge is 0.458 e. The number of cyclic esters (lactones) is 1. The number of Topliss-reactive ketones (excluding diaryl/α,β-unsaturated/α-hetero) is 1. The van der Waals surface area contributed by atoms with Crippen molar-refractivity contribution >= 4 is 11.8 Å². The van der Waals surface area contributed by atoms with Crippen molar-refractivity contribution in [3.05, 3.63) is 11.1 Å². The van der Waals surface area contributed by atoms with E-state index in [9.17, 15) is 14.7 Å². The second kappa shape index (κ2) is 3.77. The lowest BCUT2D eigenvalue weighted by molar-refractivity contribution is -0.363. The van der Waals surface area contributed by atoms with Crippen molar-refractivity contribution in [1.29, 1.82) is 0 Å². The monoisotopic (exact) mass is 374 g/mol. The van der Waals surface area contributed by atoms with Gasteiger partial charge in [0.15, 0.2) is 11.2 Å². The van der Waals surface area contributed by atoms with Gasteiger partial charge in [0.2, 0.25) is 5.78 Å². The first-order valence-corrected chi connectivity index (χ1v) is 9.91. The topological polar surface area (TPSA) is 97.9 Å². The van der Waals surface area contributed by atoms with Crippen LogP contribution in [0.15, 0.2) is 11.1 Å². The van der Waals surface area contributed by atoms with Gasteiger partial charge in [-0.15, -0.1) is 0 Å². The third-order valence-corrected chi connectivity index (χ3v) is 9.03. The predicted octanol–water partition coefficient (Wildman–Crippen LogP) is 0.426. The molecule has 5 aliphatic heterocycles. The molecule has 8 aliphatic rings. The molecule has 2 saturated carbocycles. The van der Waals surface area contributed by atoms with E-state index in [0.29, 0.717) is 30.4 Å². The quantitative estimate of drug-likeness (QED) is 0.525. The van der Waals surface area contributed by atoms with E-state index in [1.54, 1.807) is 0 Å². The summed E-state index contributed by atoms with van der Waals surface area (Å²) in [6.45, 7) is 6.10. The number of aliphatic hydroxyl groups is 1. The molecule has 0 amide bonds. The van der Waals surface area contributed by atoms with Crippen molar-refractivity contribution in [2.24, 2.45) is 11.3 Å². The molecule has 144 valence electrons. The third-order valence-electron chi connectivity index (χ3n) is 9.03. The molecular formula is C20H22O7. The molecule has 4 saturated heterocycles. The number of epoxide rings is 2. The molecule has 0 aromatic carbocycles. The second-order valence-corrected chi connectivity index (χ2v) is 9.86. The van der Waals surface area contributed by atoms with Crippen LogP contribution in [0.25, 0.3) is 0 Å². The first kappa shape index (κ1) is 15.6. The van der Waals surface area contributed by atoms with Crippen molar-refractivity contribution in [2.75, 3.05) is 6.61 Å². The zero-order valence-corrected chi connectivity index (χ0v) is 15.5. The van der Waals surface area contributed by atoms with Crippen molar-refractivity contribution in [1.82, 2.24) is 0 Å². The molecule has 2 spiro atoms. The summed E-state index contributed by atoms with van der Waals surface area (Å²) in [5.74, 6) is -0.308. The number of esters is 1. The Labute approximate surface area is 156 Å². The van der Waals surface area contributed by atoms with Gasteiger partial charge < -0.3 is 24.1 Å². The Hall–Kier alpha value is -1.28. The number of fused-ring (bicyclic) bond motifs is 2. The van der Waals surface area contributed by atoms with Gasteiger partial charge in [-0.3, -0.25) is 4.79 Å². The highest BCUT2D eigenvalue weighted by molar-refractivity contribution is 6.03. The molecule has 7 heteroatoms. The average Bonchev–Trinajstić information content (AvgIpc) is 3.44. The molecule has 6 fully saturated rings. The van der Waals surface area contributed by atoms with Crippen molar-refractivity contribution < 1.29 is 33.6 Å². The number of carbonyl (C=O) groups is 2. The van der Waals surface area contributed by atoms with Crippen LogP contribution < -0.4 is 0 Å². The summed E-state index contributed by atoms with van der Waals surface area (Å²) >= 11 is 0. The zero-order valence-electron chi connectivity index (χ0n) is 15.5. The first-order valence-electron chi connectivity index (χ1n) is 9.91. The van der Waals surface area contributed by atoms with E-state index in [-0.39, 0.29) is 36.5 Å². The molecule has 0 aromatic rings. The van der Waals surface area contributed by atoms with Crippen LogP contribution in [-0.2, 0) is 28.5 Å². The number of carbonyl (C=O) groups excluding carboxylic acids is 2. The summed E-state index contributed by atoms with van der Waals surface area (Å²) in [5, 5.41) is 12.0. The molecule has 1 unspecified atom stereocenters. The van der Waals surface area contributed by atoms with E-state index in [4.69, 9.17) is 18.9 Å². The SMILES string of the molecule is CC(C)[C@]12O[C@H]1[C@@H]1O[C@@]13[C@@]1(C)CCC4=C(COC4=O)[C@]1(O)C1C[C@@]3(O1)C2=O. The number of hydrogen-bond acceptors (Lipinski definition) is 7. The van der Waals surface area contributed by atoms with Crippen LogP contribution in [0.5, 0.6) is 0 Å². The number of rotatable bonds is 1. The van der Waals surface area contributed by atoms with E-state index in [2.05, 4.69) is 0 Å². The van der Waals surface area contributed by atoms with Crippen LogP contribution in [0.4, 0.5) is 0 Å². The molecule has 7 nitrogen and oxygen atoms in total. The Morgan fingerprint density at radius 2 is 1.89 bits per heavy atom. The summed E-state index contributed by atoms with van der Waals surface area (Å²) in [7, 11) is 0. The summed E-state index contributed by atoms with van der Waals surface area (Å²) in [5.41, 5.74) is -3.60. The maximum absolute atomic E-state index is 13.7. The molecule has 3 aliphatic carbocycles. The standard InChI is InChI=1S/C20H22O7/c1-8(2)18-12(26-18)13-20(27-13)16(3)5-4-9-10(7-24-14(9)21)19(16,23)11-6-17(20,25-11)15(18)22/h8,11-13,23H,4-7H2,1-3H3/t11?,12-,13-,16-,17+,18-,19-,20+/m0/s1. The van der Waals surface area contributed by atoms with E-state index >= 15 is 0 Å². The van der Waals surface area contributed by atoms with E-state index < -0.39 is 33.9 Å². The minimum atomic E-state index is -1.35. The fraction of sp³-hybridized carbons (Fsp3) is 0.800. The molecular weight excluding hydrogens is 352 g/mol. The van der Waals surface area contributed by atoms with Crippen LogP contribution in [0, 0.1) is 11.3 Å². The molecule has 2 bridgehead atoms. The van der Waals surface area contributed by atoms with Gasteiger partial charge in [0, 0.05) is 23.0 Å². The number of hydrogen-bond donors (Lipinski definition) is 1. The van der Waals surface area contributed by atoms with Gasteiger partial charge in [-0.25, -0.2) is 4.79 Å². The maximum Gasteiger partial charge on any atom is 0.334 e. The minimum absolute atomic E-state index is 0.0122. The highest BCUT2D eigenvalue weighted by Crippen LogP contribution is 2.82. The normalized spacial score (nSPS) is 61.3. The summed E-state index contributed by atoms with van der Waals surface area (Å²) in [4.78, 5) is 25.8. The molecule has 27 heavy (non-hydrogen) atoms. The molecule has 1 N–H and O–H groups in total. The van der Waals surface area contributed by atoms with Crippen molar-refractivity contribution in [2.45, 2.75) is 80.7 Å². The van der Waals surface area contributed by atoms with Gasteiger partial charge in [0.05, 0.1) is 6.10 Å². The van der Waals surface area contributed by atoms with E-state index in [1.165, 1.54) is 0 Å². The molecule has 8 atom stereocenters. The fourth-order valence-electron chi connectivity index (χ4n) is 7.57. The summed E-state index contributed by atoms with van der Waals surface area (Å²) in [6.07, 6.45) is 0.447. The molecule has 0 aromatic heterocycles. The van der Waals surface area contributed by atoms with Gasteiger partial charge in [-0.1, -0.05) is 20.8 Å². The Balaban J connectivity index is 1.44. The predicted molar refractivity (Wildman–Crippen MR) is 87.5 cm³/mol. The van der Waals surface area contributed by atoms with Gasteiger partial charge >= 0.3 is 5.97 Å². The Morgan fingerprint density at radius 1 is 1.15 bits per heavy atom. The summed E-state index contributed by atoms with van der Waals surface area (Å²) < 4.78 is 23.9. The summed E-state index contributed by atoms with van der Waals surface area (Å²) in [6, 6.07) is 0. The Kier molecular flexibility index (Phi) is 2.18. The lowest BCUT2D eigenvalue weighted by Crippen LogP contribution is -2.88. The molecule has 5 heterocycles. The third kappa shape index (κ3) is 1.12. The van der Waals surface area contributed by atoms with Crippen LogP contribution in [0.3, 0.4) is 0 Å². The van der Waals surface area contributed by atoms with E-state index in [1.807, 2.05) is 20.8 Å². The van der Waals surface area contributed by atoms with Crippen LogP contribution in [-0.4, -0.2) is 64.2 Å². The Morgan fingerprint density at radius 3 is 2.59 bits per heavy atom. The maximum atomic E-state index is 13.7. The number of ketones is 1. The Bertz CT molecular complexity index is 900. The van der Waals surface area contributed by atoms with Crippen LogP contribution in [0.1, 0.15) is 40.0 Å². The average molecular weight is 374 g/mol. The highest BCUT2D eigenvalue weighted by atomic mass is 16.7. The molecule has 8 rings (SSSR count). The zero-order chi connectivity index (χ0) is 18.8. The molecule has 0 radical (unpaired) electrons. The minimum Gasteiger partial charge on any atom is -0.458 e. The van der Waals surface area contributed by atoms with Crippen LogP contribution >= 0.6 is 0 Å². The van der Waals surface area contributed by atoms with Gasteiger partial charge in [-0.2, -0.15) is 0 Å². The smallest absolute Gasteiger partial charge is 0.334 e. The van der Waals surface area contributed by atoms with Crippen molar-refractivity contribution in [3.63, 3.8) is 0 Å². The second-order valence-electron chi connectivity index (χ2n) is 9.86. The van der Waals surface area contributed by atoms with Crippen molar-refractivity contribution in [3.8, 4) is 0 Å². The highest BCUT2D eigenvalue weighted by Gasteiger charge is 3.00. The van der Waals surface area contributed by atoms with Gasteiger partial charge in [0.25, 0.3) is 0 Å². The van der Waals surface area contributed by atoms with Gasteiger partial charge in [0.1, 0.15) is 30.0 Å². The first-order chi connectivity index (χ1) is 12.7. The van der Waals surface area contributed by atoms with Gasteiger partial charge in [-0.05, 0) is 18.8 Å². The number of ether oxygens (including phenoxy) is 4. The lowest BCUT2D eigenvalue weighted by Gasteiger charge is -2.71.